The molecule has 0 fully saturated rings. The van der Waals surface area contributed by atoms with Crippen molar-refractivity contribution in [3.8, 4) is 11.4 Å². The average molecular weight is 414 g/mol. The average Bonchev–Trinajstić information content (AvgIpc) is 3.29. The molecule has 0 aliphatic rings. The van der Waals surface area contributed by atoms with Gasteiger partial charge in [-0.15, -0.1) is 11.3 Å². The summed E-state index contributed by atoms with van der Waals surface area (Å²) in [5, 5.41) is 25.5. The largest absolute Gasteiger partial charge is 0.507 e. The van der Waals surface area contributed by atoms with Gasteiger partial charge >= 0.3 is 5.97 Å². The third-order valence-electron chi connectivity index (χ3n) is 4.00. The Morgan fingerprint density at radius 2 is 2.21 bits per heavy atom. The zero-order valence-electron chi connectivity index (χ0n) is 16.4. The normalized spacial score (nSPS) is 11.1. The first-order valence-corrected chi connectivity index (χ1v) is 10.0. The maximum absolute atomic E-state index is 11.5. The van der Waals surface area contributed by atoms with E-state index < -0.39 is 0 Å². The molecule has 0 radical (unpaired) electrons. The minimum Gasteiger partial charge on any atom is -0.507 e. The molecule has 3 aromatic rings. The van der Waals surface area contributed by atoms with E-state index in [0.717, 1.165) is 17.8 Å². The molecule has 3 rings (SSSR count). The van der Waals surface area contributed by atoms with Crippen LogP contribution in [0, 0.1) is 6.92 Å². The third-order valence-corrected chi connectivity index (χ3v) is 4.80. The molecule has 29 heavy (non-hydrogen) atoms. The lowest BCUT2D eigenvalue weighted by Gasteiger charge is -2.03. The number of anilines is 1. The molecule has 0 bridgehead atoms. The first-order valence-electron chi connectivity index (χ1n) is 9.15. The van der Waals surface area contributed by atoms with Gasteiger partial charge in [0.15, 0.2) is 0 Å². The lowest BCUT2D eigenvalue weighted by molar-refractivity contribution is -0.142. The number of nitrogens with one attached hydrogen (secondary N) is 1. The highest BCUT2D eigenvalue weighted by Crippen LogP contribution is 2.20. The number of aromatic hydroxyl groups is 1. The highest BCUT2D eigenvalue weighted by molar-refractivity contribution is 7.13. The van der Waals surface area contributed by atoms with Gasteiger partial charge in [0.1, 0.15) is 5.75 Å². The van der Waals surface area contributed by atoms with Gasteiger partial charge in [-0.1, -0.05) is 6.92 Å². The molecule has 0 aliphatic heterocycles. The van der Waals surface area contributed by atoms with Gasteiger partial charge in [-0.3, -0.25) is 10.2 Å². The number of rotatable bonds is 8. The van der Waals surface area contributed by atoms with Gasteiger partial charge in [-0.25, -0.2) is 4.98 Å². The van der Waals surface area contributed by atoms with Crippen molar-refractivity contribution in [2.24, 2.45) is 5.10 Å². The predicted octanol–water partition coefficient (Wildman–Crippen LogP) is 2.85. The summed E-state index contributed by atoms with van der Waals surface area (Å²) in [5.74, 6) is -0.256. The summed E-state index contributed by atoms with van der Waals surface area (Å²) in [5.41, 5.74) is 6.40. The lowest BCUT2D eigenvalue weighted by atomic mass is 10.2. The Bertz CT molecular complexity index is 1030. The standard InChI is InChI=1S/C19H22N6O3S/c1-4-16-12(3)23-25(24-16)15-7-6-13(17(26)9-15)10-20-22-19-21-14(11-29-19)8-18(27)28-5-2/h6-7,9-11,26H,4-5,8H2,1-3H3,(H,21,22). The lowest BCUT2D eigenvalue weighted by Crippen LogP contribution is -2.07. The number of aryl methyl sites for hydroxylation is 2. The van der Waals surface area contributed by atoms with Gasteiger partial charge in [0.05, 0.1) is 42.0 Å². The Morgan fingerprint density at radius 1 is 1.38 bits per heavy atom. The SMILES string of the molecule is CCOC(=O)Cc1csc(NN=Cc2ccc(-n3nc(C)c(CC)n3)cc2O)n1. The van der Waals surface area contributed by atoms with E-state index in [2.05, 4.69) is 25.7 Å². The van der Waals surface area contributed by atoms with Crippen LogP contribution < -0.4 is 5.43 Å². The second-order valence-electron chi connectivity index (χ2n) is 6.11. The Kier molecular flexibility index (Phi) is 6.55. The number of carbonyl (C=O) groups is 1. The van der Waals surface area contributed by atoms with E-state index in [-0.39, 0.29) is 18.1 Å². The molecule has 10 heteroatoms. The van der Waals surface area contributed by atoms with Crippen molar-refractivity contribution in [1.29, 1.82) is 0 Å². The molecule has 0 saturated carbocycles. The highest BCUT2D eigenvalue weighted by Gasteiger charge is 2.10. The number of hydrogen-bond acceptors (Lipinski definition) is 9. The van der Waals surface area contributed by atoms with E-state index >= 15 is 0 Å². The molecule has 0 amide bonds. The second-order valence-corrected chi connectivity index (χ2v) is 6.97. The Labute approximate surface area is 172 Å². The van der Waals surface area contributed by atoms with Crippen molar-refractivity contribution in [3.05, 3.63) is 46.2 Å². The van der Waals surface area contributed by atoms with Crippen LogP contribution in [0.15, 0.2) is 28.7 Å². The number of benzene rings is 1. The van der Waals surface area contributed by atoms with Crippen molar-refractivity contribution < 1.29 is 14.6 Å². The molecule has 1 aromatic carbocycles. The quantitative estimate of drug-likeness (QED) is 0.331. The zero-order chi connectivity index (χ0) is 20.8. The summed E-state index contributed by atoms with van der Waals surface area (Å²) in [7, 11) is 0. The predicted molar refractivity (Wildman–Crippen MR) is 111 cm³/mol. The summed E-state index contributed by atoms with van der Waals surface area (Å²) in [6.07, 6.45) is 2.41. The molecule has 0 atom stereocenters. The maximum Gasteiger partial charge on any atom is 0.311 e. The third kappa shape index (κ3) is 5.17. The number of ether oxygens (including phenoxy) is 1. The first-order chi connectivity index (χ1) is 14.0. The van der Waals surface area contributed by atoms with Crippen molar-refractivity contribution in [2.75, 3.05) is 12.0 Å². The van der Waals surface area contributed by atoms with Crippen LogP contribution >= 0.6 is 11.3 Å². The Morgan fingerprint density at radius 3 is 2.90 bits per heavy atom. The van der Waals surface area contributed by atoms with E-state index in [1.54, 1.807) is 30.5 Å². The molecule has 2 heterocycles. The van der Waals surface area contributed by atoms with Crippen LogP contribution in [-0.2, 0) is 22.4 Å². The van der Waals surface area contributed by atoms with Gasteiger partial charge in [-0.2, -0.15) is 20.1 Å². The van der Waals surface area contributed by atoms with Crippen molar-refractivity contribution in [2.45, 2.75) is 33.6 Å². The van der Waals surface area contributed by atoms with Gasteiger partial charge in [0.2, 0.25) is 5.13 Å². The molecule has 0 saturated heterocycles. The number of hydrogen-bond donors (Lipinski definition) is 2. The number of phenols is 1. The summed E-state index contributed by atoms with van der Waals surface area (Å²) >= 11 is 1.33. The van der Waals surface area contributed by atoms with E-state index in [9.17, 15) is 9.90 Å². The monoisotopic (exact) mass is 414 g/mol. The van der Waals surface area contributed by atoms with Crippen LogP contribution in [-0.4, -0.2) is 43.9 Å². The van der Waals surface area contributed by atoms with Crippen LogP contribution in [0.2, 0.25) is 0 Å². The van der Waals surface area contributed by atoms with Crippen molar-refractivity contribution in [1.82, 2.24) is 20.0 Å². The van der Waals surface area contributed by atoms with Crippen LogP contribution in [0.3, 0.4) is 0 Å². The number of esters is 1. The fraction of sp³-hybridized carbons (Fsp3) is 0.316. The minimum absolute atomic E-state index is 0.0585. The van der Waals surface area contributed by atoms with Crippen LogP contribution in [0.4, 0.5) is 5.13 Å². The smallest absolute Gasteiger partial charge is 0.311 e. The van der Waals surface area contributed by atoms with Gasteiger partial charge in [0.25, 0.3) is 0 Å². The molecule has 9 nitrogen and oxygen atoms in total. The molecule has 2 aromatic heterocycles. The van der Waals surface area contributed by atoms with Crippen LogP contribution in [0.1, 0.15) is 36.5 Å². The van der Waals surface area contributed by atoms with Gasteiger partial charge < -0.3 is 9.84 Å². The summed E-state index contributed by atoms with van der Waals surface area (Å²) in [4.78, 5) is 17.3. The number of nitrogens with zero attached hydrogens (tertiary/aromatic N) is 5. The van der Waals surface area contributed by atoms with Crippen LogP contribution in [0.25, 0.3) is 5.69 Å². The van der Waals surface area contributed by atoms with E-state index in [0.29, 0.717) is 28.7 Å². The molecule has 0 spiro atoms. The fourth-order valence-electron chi connectivity index (χ4n) is 2.57. The molecular formula is C19H22N6O3S. The molecular weight excluding hydrogens is 392 g/mol. The van der Waals surface area contributed by atoms with Crippen molar-refractivity contribution in [3.63, 3.8) is 0 Å². The Balaban J connectivity index is 1.64. The Hall–Kier alpha value is -3.27. The fourth-order valence-corrected chi connectivity index (χ4v) is 3.23. The molecule has 0 aliphatic carbocycles. The summed E-state index contributed by atoms with van der Waals surface area (Å²) in [6.45, 7) is 6.04. The van der Waals surface area contributed by atoms with E-state index in [1.807, 2.05) is 13.8 Å². The van der Waals surface area contributed by atoms with Crippen molar-refractivity contribution >= 4 is 28.7 Å². The topological polar surface area (TPSA) is 115 Å². The van der Waals surface area contributed by atoms with Gasteiger partial charge in [0, 0.05) is 17.0 Å². The minimum atomic E-state index is -0.314. The molecule has 2 N–H and O–H groups in total. The number of phenolic OH excluding ortho intramolecular Hbond substituents is 1. The maximum atomic E-state index is 11.5. The second kappa shape index (κ2) is 9.28. The van der Waals surface area contributed by atoms with E-state index in [4.69, 9.17) is 4.74 Å². The molecule has 152 valence electrons. The summed E-state index contributed by atoms with van der Waals surface area (Å²) in [6, 6.07) is 5.12. The van der Waals surface area contributed by atoms with Gasteiger partial charge in [-0.05, 0) is 32.4 Å². The number of thiazole rings is 1. The number of carbonyl (C=O) groups excluding carboxylic acids is 1. The highest BCUT2D eigenvalue weighted by atomic mass is 32.1. The summed E-state index contributed by atoms with van der Waals surface area (Å²) < 4.78 is 4.90. The molecule has 0 unspecified atom stereocenters. The van der Waals surface area contributed by atoms with Crippen LogP contribution in [0.5, 0.6) is 5.75 Å². The number of hydrazone groups is 1. The number of aromatic nitrogens is 4. The first kappa shape index (κ1) is 20.5. The zero-order valence-corrected chi connectivity index (χ0v) is 17.2. The van der Waals surface area contributed by atoms with E-state index in [1.165, 1.54) is 22.3 Å².